The van der Waals surface area contributed by atoms with E-state index in [1.807, 2.05) is 0 Å². The lowest BCUT2D eigenvalue weighted by atomic mass is 10.1. The number of benzene rings is 2. The number of nitrogens with one attached hydrogen (secondary N) is 1. The highest BCUT2D eigenvalue weighted by molar-refractivity contribution is 9.10. The van der Waals surface area contributed by atoms with E-state index in [1.165, 1.54) is 32.4 Å². The van der Waals surface area contributed by atoms with Crippen molar-refractivity contribution >= 4 is 33.7 Å². The average Bonchev–Trinajstić information content (AvgIpc) is 2.70. The molecule has 0 aliphatic carbocycles. The van der Waals surface area contributed by atoms with Gasteiger partial charge < -0.3 is 25.3 Å². The minimum absolute atomic E-state index is 0.231. The molecule has 3 N–H and O–H groups in total. The second-order valence-corrected chi connectivity index (χ2v) is 6.52. The van der Waals surface area contributed by atoms with Crippen molar-refractivity contribution in [2.75, 3.05) is 20.8 Å². The van der Waals surface area contributed by atoms with E-state index in [-0.39, 0.29) is 23.7 Å². The van der Waals surface area contributed by atoms with Crippen LogP contribution in [0.5, 0.6) is 11.5 Å². The van der Waals surface area contributed by atoms with Gasteiger partial charge in [-0.1, -0.05) is 28.1 Å². The molecule has 148 valence electrons. The van der Waals surface area contributed by atoms with E-state index in [0.717, 1.165) is 4.47 Å². The number of carbonyl (C=O) groups excluding carboxylic acids is 3. The summed E-state index contributed by atoms with van der Waals surface area (Å²) in [6.07, 6.45) is 0. The summed E-state index contributed by atoms with van der Waals surface area (Å²) in [5.74, 6) is -1.26. The smallest absolute Gasteiger partial charge is 0.333 e. The Bertz CT molecular complexity index is 869. The molecule has 2 amide bonds. The third-order valence-corrected chi connectivity index (χ3v) is 4.24. The summed E-state index contributed by atoms with van der Waals surface area (Å²) in [4.78, 5) is 35.7. The number of ether oxygens (including phenoxy) is 3. The average molecular weight is 451 g/mol. The highest BCUT2D eigenvalue weighted by Gasteiger charge is 2.24. The van der Waals surface area contributed by atoms with Crippen molar-refractivity contribution in [3.8, 4) is 11.5 Å². The first-order valence-corrected chi connectivity index (χ1v) is 8.88. The Labute approximate surface area is 170 Å². The summed E-state index contributed by atoms with van der Waals surface area (Å²) in [5, 5.41) is 2.64. The molecule has 1 unspecified atom stereocenters. The van der Waals surface area contributed by atoms with Crippen molar-refractivity contribution in [1.82, 2.24) is 5.32 Å². The van der Waals surface area contributed by atoms with Crippen LogP contribution in [-0.2, 0) is 14.3 Å². The van der Waals surface area contributed by atoms with Crippen molar-refractivity contribution in [3.05, 3.63) is 58.1 Å². The molecule has 0 fully saturated rings. The van der Waals surface area contributed by atoms with E-state index in [4.69, 9.17) is 19.9 Å². The van der Waals surface area contributed by atoms with Gasteiger partial charge in [-0.2, -0.15) is 0 Å². The number of carbonyl (C=O) groups is 3. The van der Waals surface area contributed by atoms with Gasteiger partial charge in [-0.05, 0) is 35.9 Å². The van der Waals surface area contributed by atoms with Gasteiger partial charge in [0.1, 0.15) is 0 Å². The van der Waals surface area contributed by atoms with Crippen LogP contribution in [0.4, 0.5) is 0 Å². The van der Waals surface area contributed by atoms with Gasteiger partial charge in [0.05, 0.1) is 14.2 Å². The topological polar surface area (TPSA) is 117 Å². The number of rotatable bonds is 8. The van der Waals surface area contributed by atoms with Crippen molar-refractivity contribution in [2.24, 2.45) is 5.73 Å². The number of methoxy groups -OCH3 is 2. The maximum atomic E-state index is 12.7. The van der Waals surface area contributed by atoms with Crippen molar-refractivity contribution < 1.29 is 28.6 Å². The number of esters is 1. The fourth-order valence-electron chi connectivity index (χ4n) is 2.34. The van der Waals surface area contributed by atoms with Gasteiger partial charge in [0.2, 0.25) is 0 Å². The molecule has 0 aliphatic heterocycles. The van der Waals surface area contributed by atoms with Gasteiger partial charge in [-0.3, -0.25) is 9.59 Å². The predicted octanol–water partition coefficient (Wildman–Crippen LogP) is 1.97. The van der Waals surface area contributed by atoms with Crippen LogP contribution in [0.3, 0.4) is 0 Å². The molecule has 28 heavy (non-hydrogen) atoms. The third kappa shape index (κ3) is 5.46. The molecule has 0 radical (unpaired) electrons. The van der Waals surface area contributed by atoms with Gasteiger partial charge in [0.25, 0.3) is 11.8 Å². The number of hydrogen-bond acceptors (Lipinski definition) is 6. The molecule has 0 saturated heterocycles. The van der Waals surface area contributed by atoms with Gasteiger partial charge in [-0.15, -0.1) is 0 Å². The molecule has 0 aliphatic rings. The largest absolute Gasteiger partial charge is 0.493 e. The number of primary amides is 1. The maximum Gasteiger partial charge on any atom is 0.333 e. The first-order valence-electron chi connectivity index (χ1n) is 8.09. The summed E-state index contributed by atoms with van der Waals surface area (Å²) in [5.41, 5.74) is 5.85. The molecular weight excluding hydrogens is 432 g/mol. The minimum Gasteiger partial charge on any atom is -0.493 e. The van der Waals surface area contributed by atoms with Crippen LogP contribution in [0, 0.1) is 0 Å². The van der Waals surface area contributed by atoms with Crippen LogP contribution in [0.15, 0.2) is 46.9 Å². The lowest BCUT2D eigenvalue weighted by molar-refractivity contribution is -0.143. The first-order chi connectivity index (χ1) is 13.3. The molecule has 0 aromatic heterocycles. The second kappa shape index (κ2) is 9.75. The highest BCUT2D eigenvalue weighted by Crippen LogP contribution is 2.28. The highest BCUT2D eigenvalue weighted by atomic mass is 79.9. The van der Waals surface area contributed by atoms with E-state index in [0.29, 0.717) is 5.56 Å². The molecule has 8 nitrogen and oxygen atoms in total. The summed E-state index contributed by atoms with van der Waals surface area (Å²) < 4.78 is 16.1. The third-order valence-electron chi connectivity index (χ3n) is 3.71. The molecule has 0 spiro atoms. The number of hydrogen-bond donors (Lipinski definition) is 2. The summed E-state index contributed by atoms with van der Waals surface area (Å²) in [6.45, 7) is -0.324. The van der Waals surface area contributed by atoms with Crippen molar-refractivity contribution in [1.29, 1.82) is 0 Å². The Morgan fingerprint density at radius 2 is 1.75 bits per heavy atom. The first kappa shape index (κ1) is 21.2. The maximum absolute atomic E-state index is 12.7. The van der Waals surface area contributed by atoms with Crippen LogP contribution in [0.25, 0.3) is 0 Å². The van der Waals surface area contributed by atoms with Crippen LogP contribution < -0.4 is 20.5 Å². The van der Waals surface area contributed by atoms with Gasteiger partial charge in [0, 0.05) is 10.0 Å². The molecule has 2 rings (SSSR count). The minimum atomic E-state index is -0.984. The molecule has 0 bridgehead atoms. The molecule has 0 saturated carbocycles. The normalized spacial score (nSPS) is 11.2. The van der Waals surface area contributed by atoms with E-state index in [9.17, 15) is 14.4 Å². The Morgan fingerprint density at radius 1 is 1.07 bits per heavy atom. The Balaban J connectivity index is 2.24. The molecule has 1 atom stereocenters. The standard InChI is InChI=1S/C19H19BrN2O6/c1-26-15-9-12(5-8-14(15)28-10-16(21)23)18(24)22-17(19(25)27-2)11-3-6-13(20)7-4-11/h3-9,17H,10H2,1-2H3,(H2,21,23)(H,22,24). The van der Waals surface area contributed by atoms with Gasteiger partial charge in [0.15, 0.2) is 24.1 Å². The van der Waals surface area contributed by atoms with Crippen LogP contribution in [0.1, 0.15) is 22.0 Å². The van der Waals surface area contributed by atoms with Crippen molar-refractivity contribution in [3.63, 3.8) is 0 Å². The van der Waals surface area contributed by atoms with E-state index in [1.54, 1.807) is 24.3 Å². The molecule has 0 heterocycles. The number of amides is 2. The van der Waals surface area contributed by atoms with Crippen LogP contribution >= 0.6 is 15.9 Å². The second-order valence-electron chi connectivity index (χ2n) is 5.60. The number of halogens is 1. The number of nitrogens with two attached hydrogens (primary N) is 1. The quantitative estimate of drug-likeness (QED) is 0.593. The molecular formula is C19H19BrN2O6. The lowest BCUT2D eigenvalue weighted by Crippen LogP contribution is -2.34. The lowest BCUT2D eigenvalue weighted by Gasteiger charge is -2.18. The Morgan fingerprint density at radius 3 is 2.32 bits per heavy atom. The molecule has 2 aromatic rings. The van der Waals surface area contributed by atoms with Crippen LogP contribution in [-0.4, -0.2) is 38.6 Å². The van der Waals surface area contributed by atoms with Crippen LogP contribution in [0.2, 0.25) is 0 Å². The fraction of sp³-hybridized carbons (Fsp3) is 0.211. The molecule has 2 aromatic carbocycles. The predicted molar refractivity (Wildman–Crippen MR) is 104 cm³/mol. The SMILES string of the molecule is COC(=O)C(NC(=O)c1ccc(OCC(N)=O)c(OC)c1)c1ccc(Br)cc1. The summed E-state index contributed by atoms with van der Waals surface area (Å²) in [6, 6.07) is 10.3. The van der Waals surface area contributed by atoms with E-state index in [2.05, 4.69) is 21.2 Å². The van der Waals surface area contributed by atoms with Gasteiger partial charge >= 0.3 is 5.97 Å². The van der Waals surface area contributed by atoms with E-state index < -0.39 is 23.8 Å². The fourth-order valence-corrected chi connectivity index (χ4v) is 2.61. The van der Waals surface area contributed by atoms with Crippen molar-refractivity contribution in [2.45, 2.75) is 6.04 Å². The Hall–Kier alpha value is -3.07. The Kier molecular flexibility index (Phi) is 7.39. The summed E-state index contributed by atoms with van der Waals surface area (Å²) in [7, 11) is 2.64. The van der Waals surface area contributed by atoms with Gasteiger partial charge in [-0.25, -0.2) is 4.79 Å². The zero-order valence-electron chi connectivity index (χ0n) is 15.2. The van der Waals surface area contributed by atoms with E-state index >= 15 is 0 Å². The zero-order chi connectivity index (χ0) is 20.7. The monoisotopic (exact) mass is 450 g/mol. The summed E-state index contributed by atoms with van der Waals surface area (Å²) >= 11 is 3.32. The zero-order valence-corrected chi connectivity index (χ0v) is 16.8. The molecule has 9 heteroatoms.